The fourth-order valence-electron chi connectivity index (χ4n) is 4.25. The van der Waals surface area contributed by atoms with E-state index < -0.39 is 6.36 Å². The van der Waals surface area contributed by atoms with Crippen LogP contribution in [0.4, 0.5) is 13.2 Å². The standard InChI is InChI=1S/C20H25F3N2O2/c1-25(19-16-8-4-2-6-14(16)12-13-24-19)18(26)11-10-15-7-3-5-9-17(15)27-20(21,22)23/h3,5,7,9-11,14,16,19,24H,2,4,6,8,12-13H2,1H3/b11-10+. The molecule has 0 aromatic heterocycles. The Balaban J connectivity index is 1.69. The molecule has 3 atom stereocenters. The number of nitrogens with one attached hydrogen (secondary N) is 1. The second-order valence-electron chi connectivity index (χ2n) is 7.26. The number of halogens is 3. The highest BCUT2D eigenvalue weighted by atomic mass is 19.4. The summed E-state index contributed by atoms with van der Waals surface area (Å²) < 4.78 is 41.6. The van der Waals surface area contributed by atoms with Crippen LogP contribution in [-0.2, 0) is 4.79 Å². The molecule has 1 heterocycles. The normalized spacial score (nSPS) is 25.9. The molecule has 27 heavy (non-hydrogen) atoms. The van der Waals surface area contributed by atoms with E-state index in [1.807, 2.05) is 0 Å². The van der Waals surface area contributed by atoms with Gasteiger partial charge in [0.1, 0.15) is 5.75 Å². The first-order valence-corrected chi connectivity index (χ1v) is 9.38. The molecule has 4 nitrogen and oxygen atoms in total. The van der Waals surface area contributed by atoms with E-state index in [0.717, 1.165) is 19.4 Å². The second kappa shape index (κ2) is 8.33. The van der Waals surface area contributed by atoms with Gasteiger partial charge < -0.3 is 9.64 Å². The lowest BCUT2D eigenvalue weighted by atomic mass is 9.73. The number of fused-ring (bicyclic) bond motifs is 1. The summed E-state index contributed by atoms with van der Waals surface area (Å²) in [6.45, 7) is 0.884. The minimum Gasteiger partial charge on any atom is -0.405 e. The van der Waals surface area contributed by atoms with E-state index in [4.69, 9.17) is 0 Å². The smallest absolute Gasteiger partial charge is 0.405 e. The van der Waals surface area contributed by atoms with Crippen molar-refractivity contribution in [2.45, 2.75) is 44.6 Å². The lowest BCUT2D eigenvalue weighted by molar-refractivity contribution is -0.274. The first-order chi connectivity index (χ1) is 12.8. The third-order valence-corrected chi connectivity index (χ3v) is 5.56. The van der Waals surface area contributed by atoms with Crippen molar-refractivity contribution in [1.82, 2.24) is 10.2 Å². The summed E-state index contributed by atoms with van der Waals surface area (Å²) in [6, 6.07) is 5.78. The Labute approximate surface area is 157 Å². The van der Waals surface area contributed by atoms with E-state index in [9.17, 15) is 18.0 Å². The molecular weight excluding hydrogens is 357 g/mol. The first kappa shape index (κ1) is 19.7. The molecule has 0 spiro atoms. The highest BCUT2D eigenvalue weighted by Gasteiger charge is 2.37. The molecule has 0 bridgehead atoms. The summed E-state index contributed by atoms with van der Waals surface area (Å²) in [5.74, 6) is 0.529. The molecule has 3 unspecified atom stereocenters. The minimum absolute atomic E-state index is 0.0251. The maximum atomic E-state index is 12.6. The predicted octanol–water partition coefficient (Wildman–Crippen LogP) is 4.18. The van der Waals surface area contributed by atoms with Crippen molar-refractivity contribution in [2.75, 3.05) is 13.6 Å². The van der Waals surface area contributed by atoms with Gasteiger partial charge in [-0.05, 0) is 43.4 Å². The SMILES string of the molecule is CN(C(=O)/C=C/c1ccccc1OC(F)(F)F)C1NCCC2CCCCC21. The first-order valence-electron chi connectivity index (χ1n) is 9.38. The number of piperidine rings is 1. The Morgan fingerprint density at radius 1 is 1.22 bits per heavy atom. The maximum Gasteiger partial charge on any atom is 0.573 e. The van der Waals surface area contributed by atoms with Crippen molar-refractivity contribution in [3.63, 3.8) is 0 Å². The number of likely N-dealkylation sites (N-methyl/N-ethyl adjacent to an activating group) is 1. The zero-order valence-corrected chi connectivity index (χ0v) is 15.3. The van der Waals surface area contributed by atoms with Gasteiger partial charge in [-0.1, -0.05) is 37.5 Å². The van der Waals surface area contributed by atoms with E-state index in [-0.39, 0.29) is 23.4 Å². The number of carbonyl (C=O) groups is 1. The Morgan fingerprint density at radius 3 is 2.74 bits per heavy atom. The van der Waals surface area contributed by atoms with Crippen molar-refractivity contribution < 1.29 is 22.7 Å². The number of amides is 1. The van der Waals surface area contributed by atoms with Gasteiger partial charge in [-0.3, -0.25) is 10.1 Å². The summed E-state index contributed by atoms with van der Waals surface area (Å²) in [5, 5.41) is 3.44. The Kier molecular flexibility index (Phi) is 6.09. The molecule has 1 N–H and O–H groups in total. The van der Waals surface area contributed by atoms with Crippen molar-refractivity contribution >= 4 is 12.0 Å². The van der Waals surface area contributed by atoms with Gasteiger partial charge in [0.15, 0.2) is 0 Å². The van der Waals surface area contributed by atoms with Gasteiger partial charge >= 0.3 is 6.36 Å². The topological polar surface area (TPSA) is 41.6 Å². The number of hydrogen-bond donors (Lipinski definition) is 1. The fourth-order valence-corrected chi connectivity index (χ4v) is 4.25. The maximum absolute atomic E-state index is 12.6. The molecule has 1 aliphatic heterocycles. The van der Waals surface area contributed by atoms with Gasteiger partial charge in [-0.15, -0.1) is 13.2 Å². The monoisotopic (exact) mass is 382 g/mol. The molecule has 1 aromatic rings. The van der Waals surface area contributed by atoms with Crippen LogP contribution < -0.4 is 10.1 Å². The fraction of sp³-hybridized carbons (Fsp3) is 0.550. The van der Waals surface area contributed by atoms with Crippen LogP contribution in [0.15, 0.2) is 30.3 Å². The third-order valence-electron chi connectivity index (χ3n) is 5.56. The quantitative estimate of drug-likeness (QED) is 0.795. The van der Waals surface area contributed by atoms with Crippen LogP contribution in [0, 0.1) is 11.8 Å². The Bertz CT molecular complexity index is 688. The summed E-state index contributed by atoms with van der Waals surface area (Å²) in [6.07, 6.45) is 3.78. The van der Waals surface area contributed by atoms with Crippen LogP contribution in [0.5, 0.6) is 5.75 Å². The van der Waals surface area contributed by atoms with E-state index in [1.54, 1.807) is 18.0 Å². The average Bonchev–Trinajstić information content (AvgIpc) is 2.65. The van der Waals surface area contributed by atoms with Gasteiger partial charge in [0.05, 0.1) is 6.17 Å². The number of carbonyl (C=O) groups excluding carboxylic acids is 1. The largest absolute Gasteiger partial charge is 0.573 e. The number of para-hydroxylation sites is 1. The molecule has 3 rings (SSSR count). The Hall–Kier alpha value is -2.02. The van der Waals surface area contributed by atoms with E-state index in [0.29, 0.717) is 11.8 Å². The zero-order chi connectivity index (χ0) is 19.4. The van der Waals surface area contributed by atoms with Crippen molar-refractivity contribution in [3.05, 3.63) is 35.9 Å². The van der Waals surface area contributed by atoms with Crippen LogP contribution in [0.3, 0.4) is 0 Å². The molecule has 2 aliphatic rings. The predicted molar refractivity (Wildman–Crippen MR) is 96.8 cm³/mol. The molecule has 1 aliphatic carbocycles. The lowest BCUT2D eigenvalue weighted by Gasteiger charge is -2.45. The molecule has 0 radical (unpaired) electrons. The summed E-state index contributed by atoms with van der Waals surface area (Å²) in [7, 11) is 1.75. The van der Waals surface area contributed by atoms with E-state index in [1.165, 1.54) is 49.6 Å². The lowest BCUT2D eigenvalue weighted by Crippen LogP contribution is -2.56. The molecule has 2 fully saturated rings. The molecule has 1 saturated heterocycles. The second-order valence-corrected chi connectivity index (χ2v) is 7.26. The van der Waals surface area contributed by atoms with Gasteiger partial charge in [0.2, 0.25) is 5.91 Å². The van der Waals surface area contributed by atoms with Crippen molar-refractivity contribution in [3.8, 4) is 5.75 Å². The van der Waals surface area contributed by atoms with Gasteiger partial charge in [-0.25, -0.2) is 0 Å². The molecule has 7 heteroatoms. The van der Waals surface area contributed by atoms with Crippen LogP contribution >= 0.6 is 0 Å². The molecular formula is C20H25F3N2O2. The minimum atomic E-state index is -4.77. The van der Waals surface area contributed by atoms with Gasteiger partial charge in [0.25, 0.3) is 0 Å². The number of nitrogens with zero attached hydrogens (tertiary/aromatic N) is 1. The molecule has 1 amide bonds. The van der Waals surface area contributed by atoms with Crippen LogP contribution in [-0.4, -0.2) is 36.9 Å². The van der Waals surface area contributed by atoms with E-state index >= 15 is 0 Å². The van der Waals surface area contributed by atoms with Crippen molar-refractivity contribution in [1.29, 1.82) is 0 Å². The number of hydrogen-bond acceptors (Lipinski definition) is 3. The van der Waals surface area contributed by atoms with E-state index in [2.05, 4.69) is 10.1 Å². The summed E-state index contributed by atoms with van der Waals surface area (Å²) in [5.41, 5.74) is 0.212. The highest BCUT2D eigenvalue weighted by molar-refractivity contribution is 5.92. The summed E-state index contributed by atoms with van der Waals surface area (Å²) >= 11 is 0. The van der Waals surface area contributed by atoms with Gasteiger partial charge in [0, 0.05) is 18.7 Å². The summed E-state index contributed by atoms with van der Waals surface area (Å²) in [4.78, 5) is 14.3. The van der Waals surface area contributed by atoms with Crippen LogP contribution in [0.2, 0.25) is 0 Å². The van der Waals surface area contributed by atoms with Crippen LogP contribution in [0.25, 0.3) is 6.08 Å². The number of benzene rings is 1. The van der Waals surface area contributed by atoms with Gasteiger partial charge in [-0.2, -0.15) is 0 Å². The molecule has 148 valence electrons. The third kappa shape index (κ3) is 5.03. The van der Waals surface area contributed by atoms with Crippen LogP contribution in [0.1, 0.15) is 37.7 Å². The zero-order valence-electron chi connectivity index (χ0n) is 15.3. The average molecular weight is 382 g/mol. The molecule has 1 saturated carbocycles. The number of ether oxygens (including phenoxy) is 1. The number of rotatable bonds is 4. The Morgan fingerprint density at radius 2 is 1.96 bits per heavy atom. The highest BCUT2D eigenvalue weighted by Crippen LogP contribution is 2.37. The van der Waals surface area contributed by atoms with Crippen molar-refractivity contribution in [2.24, 2.45) is 11.8 Å². The number of alkyl halides is 3. The molecule has 1 aromatic carbocycles.